The van der Waals surface area contributed by atoms with Crippen LogP contribution in [0.25, 0.3) is 10.9 Å². The first-order valence-corrected chi connectivity index (χ1v) is 9.92. The molecule has 0 atom stereocenters. The van der Waals surface area contributed by atoms with Gasteiger partial charge in [0, 0.05) is 36.1 Å². The largest absolute Gasteiger partial charge is 0.508 e. The van der Waals surface area contributed by atoms with E-state index < -0.39 is 0 Å². The number of rotatable bonds is 5. The number of phenolic OH excluding ortho intramolecular Hbond substituents is 1. The van der Waals surface area contributed by atoms with Gasteiger partial charge < -0.3 is 15.3 Å². The normalized spacial score (nSPS) is 13.6. The van der Waals surface area contributed by atoms with Crippen molar-refractivity contribution < 1.29 is 15.3 Å². The highest BCUT2D eigenvalue weighted by Crippen LogP contribution is 2.26. The molecule has 0 aliphatic carbocycles. The molecule has 1 aliphatic rings. The number of aryl methyl sites for hydroxylation is 1. The molecule has 1 aliphatic heterocycles. The number of nitrogens with one attached hydrogen (secondary N) is 1. The summed E-state index contributed by atoms with van der Waals surface area (Å²) in [6, 6.07) is 8.73. The monoisotopic (exact) mass is 405 g/mol. The fourth-order valence-electron chi connectivity index (χ4n) is 3.76. The van der Waals surface area contributed by atoms with Crippen LogP contribution in [-0.4, -0.2) is 44.8 Å². The zero-order valence-corrected chi connectivity index (χ0v) is 16.9. The van der Waals surface area contributed by atoms with Crippen molar-refractivity contribution in [1.82, 2.24) is 14.9 Å². The van der Waals surface area contributed by atoms with Gasteiger partial charge in [-0.3, -0.25) is 15.9 Å². The highest BCUT2D eigenvalue weighted by molar-refractivity contribution is 6.01. The summed E-state index contributed by atoms with van der Waals surface area (Å²) in [6.07, 6.45) is 3.57. The van der Waals surface area contributed by atoms with Gasteiger partial charge in [0.1, 0.15) is 17.9 Å². The second kappa shape index (κ2) is 7.98. The summed E-state index contributed by atoms with van der Waals surface area (Å²) in [7, 11) is 0. The summed E-state index contributed by atoms with van der Waals surface area (Å²) < 4.78 is 0. The summed E-state index contributed by atoms with van der Waals surface area (Å²) in [4.78, 5) is 23.4. The molecular weight excluding hydrogens is 380 g/mol. The van der Waals surface area contributed by atoms with E-state index >= 15 is 0 Å². The molecule has 0 unspecified atom stereocenters. The molecule has 0 bridgehead atoms. The third-order valence-corrected chi connectivity index (χ3v) is 5.46. The minimum absolute atomic E-state index is 0.0531. The van der Waals surface area contributed by atoms with E-state index in [0.29, 0.717) is 34.6 Å². The van der Waals surface area contributed by atoms with E-state index in [1.165, 1.54) is 6.33 Å². The lowest BCUT2D eigenvalue weighted by atomic mass is 10.0. The zero-order valence-electron chi connectivity index (χ0n) is 16.9. The molecule has 30 heavy (non-hydrogen) atoms. The molecular formula is C22H25N6O2+. The van der Waals surface area contributed by atoms with Crippen LogP contribution in [0, 0.1) is 6.92 Å². The van der Waals surface area contributed by atoms with Gasteiger partial charge >= 0.3 is 0 Å². The lowest BCUT2D eigenvalue weighted by Crippen LogP contribution is -2.46. The third kappa shape index (κ3) is 3.76. The average molecular weight is 405 g/mol. The zero-order chi connectivity index (χ0) is 21.3. The number of fused-ring (bicyclic) bond motifs is 1. The molecule has 1 fully saturated rings. The van der Waals surface area contributed by atoms with Gasteiger partial charge in [-0.25, -0.2) is 9.97 Å². The van der Waals surface area contributed by atoms with E-state index in [-0.39, 0.29) is 17.5 Å². The maximum Gasteiger partial charge on any atom is 0.270 e. The summed E-state index contributed by atoms with van der Waals surface area (Å²) >= 11 is 0. The molecule has 2 heterocycles. The van der Waals surface area contributed by atoms with Gasteiger partial charge in [-0.15, -0.1) is 0 Å². The molecule has 0 saturated carbocycles. The molecule has 0 spiro atoms. The van der Waals surface area contributed by atoms with Crippen molar-refractivity contribution in [1.29, 1.82) is 0 Å². The smallest absolute Gasteiger partial charge is 0.270 e. The van der Waals surface area contributed by atoms with Crippen molar-refractivity contribution in [2.45, 2.75) is 26.3 Å². The minimum atomic E-state index is 0.0531. The molecule has 1 saturated heterocycles. The van der Waals surface area contributed by atoms with Crippen molar-refractivity contribution in [3.63, 3.8) is 0 Å². The second-order valence-electron chi connectivity index (χ2n) is 7.56. The van der Waals surface area contributed by atoms with Crippen LogP contribution in [0.1, 0.15) is 39.9 Å². The number of amides is 1. The Bertz CT molecular complexity index is 1140. The Morgan fingerprint density at radius 1 is 1.23 bits per heavy atom. The molecule has 3 aromatic rings. The number of hydrogen-bond acceptors (Lipinski definition) is 5. The number of phenols is 1. The predicted molar refractivity (Wildman–Crippen MR) is 115 cm³/mol. The number of carbonyl (C=O) groups excluding carboxylic acids is 1. The molecule has 6 N–H and O–H groups in total. The van der Waals surface area contributed by atoms with Gasteiger partial charge in [0.15, 0.2) is 0 Å². The summed E-state index contributed by atoms with van der Waals surface area (Å²) in [5.41, 5.74) is 9.20. The van der Waals surface area contributed by atoms with Crippen molar-refractivity contribution >= 4 is 28.5 Å². The van der Waals surface area contributed by atoms with Crippen molar-refractivity contribution in [3.8, 4) is 5.75 Å². The summed E-state index contributed by atoms with van der Waals surface area (Å²) in [5, 5.41) is 19.9. The van der Waals surface area contributed by atoms with E-state index in [4.69, 9.17) is 11.1 Å². The number of nitrogens with zero attached hydrogens (tertiary/aromatic N) is 3. The Hall–Kier alpha value is -3.68. The maximum atomic E-state index is 12.8. The Morgan fingerprint density at radius 3 is 2.73 bits per heavy atom. The van der Waals surface area contributed by atoms with Crippen LogP contribution in [0.15, 0.2) is 36.7 Å². The van der Waals surface area contributed by atoms with E-state index in [1.54, 1.807) is 18.2 Å². The summed E-state index contributed by atoms with van der Waals surface area (Å²) in [6.45, 7) is 3.86. The molecule has 8 heteroatoms. The number of amidine groups is 1. The van der Waals surface area contributed by atoms with E-state index in [9.17, 15) is 9.90 Å². The van der Waals surface area contributed by atoms with Crippen LogP contribution in [0.5, 0.6) is 5.75 Å². The van der Waals surface area contributed by atoms with Gasteiger partial charge in [0.25, 0.3) is 11.7 Å². The van der Waals surface area contributed by atoms with Crippen LogP contribution in [-0.2, 0) is 6.54 Å². The van der Waals surface area contributed by atoms with Gasteiger partial charge in [-0.2, -0.15) is 0 Å². The van der Waals surface area contributed by atoms with Crippen LogP contribution in [0.2, 0.25) is 0 Å². The number of nitrogens with two attached hydrogens (primary N) is 2. The van der Waals surface area contributed by atoms with Crippen LogP contribution in [0.3, 0.4) is 0 Å². The predicted octanol–water partition coefficient (Wildman–Crippen LogP) is 0.956. The quantitative estimate of drug-likeness (QED) is 0.369. The average Bonchev–Trinajstić information content (AvgIpc) is 3.27. The van der Waals surface area contributed by atoms with Crippen LogP contribution in [0.4, 0.5) is 5.82 Å². The third-order valence-electron chi connectivity index (χ3n) is 5.46. The fourth-order valence-corrected chi connectivity index (χ4v) is 3.76. The molecule has 154 valence electrons. The second-order valence-corrected chi connectivity index (χ2v) is 7.56. The Morgan fingerprint density at radius 2 is 2.00 bits per heavy atom. The van der Waals surface area contributed by atoms with E-state index in [1.807, 2.05) is 24.0 Å². The Labute approximate surface area is 174 Å². The molecule has 1 amide bonds. The standard InChI is InChI=1S/C22H24N6O2/c1-13-8-17-18(10-16(13)22(30)28-6-2-3-7-28)26-12-27-21(17)25-11-15-9-14(20(23)24)4-5-19(15)29/h4-5,8-10,12,29H,2-3,6-7,11H2,1H3,(H3,23,24)(H,25,26,27)/p+1. The van der Waals surface area contributed by atoms with Gasteiger partial charge in [0.05, 0.1) is 11.1 Å². The Balaban J connectivity index is 1.63. The molecule has 0 radical (unpaired) electrons. The number of benzene rings is 2. The summed E-state index contributed by atoms with van der Waals surface area (Å²) in [5.74, 6) is 1.00. The van der Waals surface area contributed by atoms with Gasteiger partial charge in [-0.05, 0) is 55.7 Å². The SMILES string of the molecule is Cc1cc2c(NCc3cc(C(N)=[NH2+])ccc3O)ncnc2cc1C(=O)N1CCCC1. The number of likely N-dealkylation sites (tertiary alicyclic amines) is 1. The molecule has 1 aromatic heterocycles. The lowest BCUT2D eigenvalue weighted by molar-refractivity contribution is -0.114. The van der Waals surface area contributed by atoms with Crippen molar-refractivity contribution in [3.05, 3.63) is 58.9 Å². The molecule has 4 rings (SSSR count). The van der Waals surface area contributed by atoms with Crippen LogP contribution < -0.4 is 16.5 Å². The van der Waals surface area contributed by atoms with Crippen molar-refractivity contribution in [2.24, 2.45) is 5.73 Å². The fraction of sp³-hybridized carbons (Fsp3) is 0.273. The van der Waals surface area contributed by atoms with Gasteiger partial charge in [-0.1, -0.05) is 0 Å². The highest BCUT2D eigenvalue weighted by atomic mass is 16.3. The number of hydrogen-bond donors (Lipinski definition) is 4. The first-order chi connectivity index (χ1) is 14.4. The number of aromatic hydroxyl groups is 1. The molecule has 8 nitrogen and oxygen atoms in total. The van der Waals surface area contributed by atoms with Crippen LogP contribution >= 0.6 is 0 Å². The topological polar surface area (TPSA) is 130 Å². The first kappa shape index (κ1) is 19.6. The van der Waals surface area contributed by atoms with Crippen molar-refractivity contribution in [2.75, 3.05) is 18.4 Å². The number of aromatic nitrogens is 2. The number of carbonyl (C=O) groups is 1. The Kier molecular flexibility index (Phi) is 5.22. The maximum absolute atomic E-state index is 12.8. The first-order valence-electron chi connectivity index (χ1n) is 9.92. The van der Waals surface area contributed by atoms with E-state index in [2.05, 4.69) is 15.3 Å². The highest BCUT2D eigenvalue weighted by Gasteiger charge is 2.22. The lowest BCUT2D eigenvalue weighted by Gasteiger charge is -2.17. The molecule has 2 aromatic carbocycles. The minimum Gasteiger partial charge on any atom is -0.508 e. The van der Waals surface area contributed by atoms with Gasteiger partial charge in [0.2, 0.25) is 0 Å². The number of anilines is 1. The van der Waals surface area contributed by atoms with E-state index in [0.717, 1.165) is 36.9 Å².